The number of nitrogens with zero attached hydrogens (tertiary/aromatic N) is 2. The summed E-state index contributed by atoms with van der Waals surface area (Å²) in [5.74, 6) is 2.16. The summed E-state index contributed by atoms with van der Waals surface area (Å²) in [6, 6.07) is 3.86. The minimum absolute atomic E-state index is 0.153. The highest BCUT2D eigenvalue weighted by molar-refractivity contribution is 14.1. The van der Waals surface area contributed by atoms with Gasteiger partial charge < -0.3 is 15.2 Å². The van der Waals surface area contributed by atoms with Crippen LogP contribution in [0.3, 0.4) is 0 Å². The van der Waals surface area contributed by atoms with Crippen LogP contribution in [0.5, 0.6) is 17.2 Å². The number of methoxy groups -OCH3 is 1. The van der Waals surface area contributed by atoms with E-state index in [4.69, 9.17) is 15.2 Å². The molecule has 0 aliphatic rings. The zero-order chi connectivity index (χ0) is 21.1. The van der Waals surface area contributed by atoms with Gasteiger partial charge in [-0.25, -0.2) is 4.98 Å². The van der Waals surface area contributed by atoms with E-state index in [1.54, 1.807) is 7.11 Å². The molecule has 7 nitrogen and oxygen atoms in total. The van der Waals surface area contributed by atoms with Crippen molar-refractivity contribution < 1.29 is 14.3 Å². The van der Waals surface area contributed by atoms with Gasteiger partial charge in [-0.3, -0.25) is 10.1 Å². The van der Waals surface area contributed by atoms with Crippen LogP contribution in [0.1, 0.15) is 52.5 Å². The molecule has 1 amide bonds. The van der Waals surface area contributed by atoms with E-state index in [0.717, 1.165) is 14.9 Å². The highest BCUT2D eigenvalue weighted by Crippen LogP contribution is 2.37. The number of rotatable bonds is 7. The molecule has 0 bridgehead atoms. The Hall–Kier alpha value is -2.10. The van der Waals surface area contributed by atoms with Gasteiger partial charge in [0.05, 0.1) is 16.9 Å². The van der Waals surface area contributed by atoms with Crippen molar-refractivity contribution in [1.82, 2.24) is 9.97 Å². The lowest BCUT2D eigenvalue weighted by molar-refractivity contribution is -0.124. The smallest absolute Gasteiger partial charge is 0.232 e. The fraction of sp³-hybridized carbons (Fsp3) is 0.450. The van der Waals surface area contributed by atoms with E-state index in [0.29, 0.717) is 17.9 Å². The van der Waals surface area contributed by atoms with Gasteiger partial charge in [0, 0.05) is 11.0 Å². The SMILES string of the molecule is CCC(C)(C)C(=O)Nc1ncc(Oc2cc(I)c(OC)cc2C(C)C)c(N)n1. The minimum atomic E-state index is -0.515. The van der Waals surface area contributed by atoms with Gasteiger partial charge >= 0.3 is 0 Å². The molecule has 2 aromatic rings. The van der Waals surface area contributed by atoms with Crippen molar-refractivity contribution in [3.8, 4) is 17.2 Å². The maximum atomic E-state index is 12.3. The average Bonchev–Trinajstić information content (AvgIpc) is 2.63. The Morgan fingerprint density at radius 3 is 2.50 bits per heavy atom. The number of carbonyl (C=O) groups excluding carboxylic acids is 1. The van der Waals surface area contributed by atoms with Crippen molar-refractivity contribution in [2.45, 2.75) is 47.0 Å². The van der Waals surface area contributed by atoms with Crippen molar-refractivity contribution in [2.75, 3.05) is 18.2 Å². The number of ether oxygens (including phenoxy) is 2. The van der Waals surface area contributed by atoms with E-state index in [2.05, 4.69) is 51.7 Å². The van der Waals surface area contributed by atoms with Gasteiger partial charge in [-0.15, -0.1) is 0 Å². The van der Waals surface area contributed by atoms with Crippen molar-refractivity contribution >= 4 is 40.3 Å². The average molecular weight is 498 g/mol. The molecule has 3 N–H and O–H groups in total. The molecule has 28 heavy (non-hydrogen) atoms. The molecule has 0 radical (unpaired) electrons. The largest absolute Gasteiger partial charge is 0.496 e. The van der Waals surface area contributed by atoms with Crippen molar-refractivity contribution in [1.29, 1.82) is 0 Å². The summed E-state index contributed by atoms with van der Waals surface area (Å²) in [6.45, 7) is 9.82. The third-order valence-corrected chi connectivity index (χ3v) is 5.48. The highest BCUT2D eigenvalue weighted by Gasteiger charge is 2.26. The molecule has 0 saturated carbocycles. The van der Waals surface area contributed by atoms with Crippen LogP contribution in [0.2, 0.25) is 0 Å². The lowest BCUT2D eigenvalue weighted by atomic mass is 9.89. The van der Waals surface area contributed by atoms with Crippen LogP contribution >= 0.6 is 22.6 Å². The Labute approximate surface area is 179 Å². The molecule has 0 aliphatic carbocycles. The summed E-state index contributed by atoms with van der Waals surface area (Å²) in [5.41, 5.74) is 6.52. The van der Waals surface area contributed by atoms with Crippen molar-refractivity contribution in [3.05, 3.63) is 27.5 Å². The second kappa shape index (κ2) is 8.93. The second-order valence-electron chi connectivity index (χ2n) is 7.42. The standard InChI is InChI=1S/C20H27IN4O3/c1-7-20(4,5)18(26)25-19-23-10-16(17(22)24-19)28-14-9-13(21)15(27-6)8-12(14)11(2)3/h8-11H,7H2,1-6H3,(H3,22,23,24,25,26). The predicted octanol–water partition coefficient (Wildman–Crippen LogP) is 4.96. The van der Waals surface area contributed by atoms with Gasteiger partial charge in [-0.05, 0) is 47.1 Å². The molecule has 0 atom stereocenters. The van der Waals surface area contributed by atoms with E-state index >= 15 is 0 Å². The van der Waals surface area contributed by atoms with Crippen LogP contribution in [0.4, 0.5) is 11.8 Å². The van der Waals surface area contributed by atoms with Gasteiger partial charge in [-0.1, -0.05) is 34.6 Å². The third kappa shape index (κ3) is 5.03. The van der Waals surface area contributed by atoms with E-state index in [-0.39, 0.29) is 23.6 Å². The molecular formula is C20H27IN4O3. The maximum absolute atomic E-state index is 12.3. The van der Waals surface area contributed by atoms with Gasteiger partial charge in [0.25, 0.3) is 0 Å². The Kier molecular flexibility index (Phi) is 7.08. The van der Waals surface area contributed by atoms with Gasteiger partial charge in [-0.2, -0.15) is 4.98 Å². The lowest BCUT2D eigenvalue weighted by Gasteiger charge is -2.21. The zero-order valence-corrected chi connectivity index (χ0v) is 19.2. The molecule has 0 unspecified atom stereocenters. The first kappa shape index (κ1) is 22.2. The number of benzene rings is 1. The van der Waals surface area contributed by atoms with Crippen LogP contribution in [-0.4, -0.2) is 23.0 Å². The predicted molar refractivity (Wildman–Crippen MR) is 119 cm³/mol. The molecule has 0 spiro atoms. The number of nitrogens with one attached hydrogen (secondary N) is 1. The van der Waals surface area contributed by atoms with Crippen LogP contribution in [0.25, 0.3) is 0 Å². The van der Waals surface area contributed by atoms with Gasteiger partial charge in [0.1, 0.15) is 11.5 Å². The Morgan fingerprint density at radius 1 is 1.29 bits per heavy atom. The minimum Gasteiger partial charge on any atom is -0.496 e. The van der Waals surface area contributed by atoms with Crippen LogP contribution in [0.15, 0.2) is 18.3 Å². The molecule has 0 saturated heterocycles. The molecule has 2 rings (SSSR count). The first-order valence-corrected chi connectivity index (χ1v) is 10.2. The summed E-state index contributed by atoms with van der Waals surface area (Å²) in [5, 5.41) is 2.70. The second-order valence-corrected chi connectivity index (χ2v) is 8.58. The fourth-order valence-electron chi connectivity index (χ4n) is 2.32. The quantitative estimate of drug-likeness (QED) is 0.524. The number of halogens is 1. The molecule has 0 aliphatic heterocycles. The molecule has 1 aromatic carbocycles. The Morgan fingerprint density at radius 2 is 1.96 bits per heavy atom. The van der Waals surface area contributed by atoms with Crippen LogP contribution in [0, 0.1) is 8.99 Å². The molecule has 1 aromatic heterocycles. The van der Waals surface area contributed by atoms with Crippen LogP contribution in [-0.2, 0) is 4.79 Å². The molecule has 8 heteroatoms. The summed E-state index contributed by atoms with van der Waals surface area (Å²) in [6.07, 6.45) is 2.17. The molecule has 152 valence electrons. The number of aromatic nitrogens is 2. The number of hydrogen-bond acceptors (Lipinski definition) is 6. The van der Waals surface area contributed by atoms with E-state index in [1.165, 1.54) is 6.20 Å². The molecule has 1 heterocycles. The number of hydrogen-bond donors (Lipinski definition) is 2. The Bertz CT molecular complexity index is 869. The van der Waals surface area contributed by atoms with Gasteiger partial charge in [0.2, 0.25) is 11.9 Å². The topological polar surface area (TPSA) is 99.4 Å². The summed E-state index contributed by atoms with van der Waals surface area (Å²) in [4.78, 5) is 20.6. The number of carbonyl (C=O) groups is 1. The van der Waals surface area contributed by atoms with E-state index in [1.807, 2.05) is 32.9 Å². The molecule has 0 fully saturated rings. The Balaban J connectivity index is 2.29. The fourth-order valence-corrected chi connectivity index (χ4v) is 2.98. The maximum Gasteiger partial charge on any atom is 0.232 e. The number of anilines is 2. The lowest BCUT2D eigenvalue weighted by Crippen LogP contribution is -2.30. The molecular weight excluding hydrogens is 471 g/mol. The highest BCUT2D eigenvalue weighted by atomic mass is 127. The summed E-state index contributed by atoms with van der Waals surface area (Å²) >= 11 is 2.19. The zero-order valence-electron chi connectivity index (χ0n) is 17.1. The number of nitrogen functional groups attached to an aromatic ring is 1. The normalized spacial score (nSPS) is 11.4. The summed E-state index contributed by atoms with van der Waals surface area (Å²) in [7, 11) is 1.64. The van der Waals surface area contributed by atoms with Crippen LogP contribution < -0.4 is 20.5 Å². The van der Waals surface area contributed by atoms with Gasteiger partial charge in [0.15, 0.2) is 11.6 Å². The first-order valence-electron chi connectivity index (χ1n) is 9.08. The monoisotopic (exact) mass is 498 g/mol. The summed E-state index contributed by atoms with van der Waals surface area (Å²) < 4.78 is 12.3. The van der Waals surface area contributed by atoms with E-state index < -0.39 is 5.41 Å². The number of nitrogens with two attached hydrogens (primary N) is 1. The third-order valence-electron chi connectivity index (χ3n) is 4.63. The number of amides is 1. The van der Waals surface area contributed by atoms with Crippen molar-refractivity contribution in [2.24, 2.45) is 5.41 Å². The first-order chi connectivity index (χ1) is 13.1. The van der Waals surface area contributed by atoms with Crippen molar-refractivity contribution in [3.63, 3.8) is 0 Å². The van der Waals surface area contributed by atoms with E-state index in [9.17, 15) is 4.79 Å².